The van der Waals surface area contributed by atoms with E-state index in [4.69, 9.17) is 20.5 Å². The SMILES string of the molecule is [N-]=[N+]=N[C@@H](CCCOCc1ccccc1)[C@H](CCCOCc1ccccc1)N=[N+]=[N-]. The fourth-order valence-corrected chi connectivity index (χ4v) is 3.10. The minimum Gasteiger partial charge on any atom is -0.377 e. The predicted octanol–water partition coefficient (Wildman–Crippen LogP) is 6.34. The highest BCUT2D eigenvalue weighted by Gasteiger charge is 2.18. The second kappa shape index (κ2) is 14.9. The van der Waals surface area contributed by atoms with E-state index in [0.717, 1.165) is 24.0 Å². The third kappa shape index (κ3) is 9.45. The van der Waals surface area contributed by atoms with Gasteiger partial charge in [0.1, 0.15) is 0 Å². The van der Waals surface area contributed by atoms with Crippen molar-refractivity contribution in [3.05, 3.63) is 92.7 Å². The first-order valence-corrected chi connectivity index (χ1v) is 10.1. The van der Waals surface area contributed by atoms with Crippen molar-refractivity contribution in [3.63, 3.8) is 0 Å². The number of nitrogens with zero attached hydrogens (tertiary/aromatic N) is 6. The Kier molecular flexibility index (Phi) is 11.6. The molecule has 8 nitrogen and oxygen atoms in total. The number of hydrogen-bond donors (Lipinski definition) is 0. The Morgan fingerprint density at radius 3 is 1.43 bits per heavy atom. The van der Waals surface area contributed by atoms with Gasteiger partial charge in [0.2, 0.25) is 0 Å². The van der Waals surface area contributed by atoms with Crippen LogP contribution in [0.25, 0.3) is 20.9 Å². The minimum absolute atomic E-state index is 0.389. The molecule has 0 spiro atoms. The predicted molar refractivity (Wildman–Crippen MR) is 117 cm³/mol. The fraction of sp³-hybridized carbons (Fsp3) is 0.455. The van der Waals surface area contributed by atoms with Crippen LogP contribution in [0.2, 0.25) is 0 Å². The standard InChI is InChI=1S/C22H28N6O2/c23-27-25-21(13-7-15-29-17-19-9-3-1-4-10-19)22(26-28-24)14-8-16-30-18-20-11-5-2-6-12-20/h1-6,9-12,21-22H,7-8,13-18H2/t21-,22-/m0/s1. The van der Waals surface area contributed by atoms with E-state index in [1.165, 1.54) is 0 Å². The number of rotatable bonds is 15. The smallest absolute Gasteiger partial charge is 0.0716 e. The largest absolute Gasteiger partial charge is 0.377 e. The summed E-state index contributed by atoms with van der Waals surface area (Å²) in [6, 6.07) is 19.1. The van der Waals surface area contributed by atoms with Gasteiger partial charge in [0.15, 0.2) is 0 Å². The van der Waals surface area contributed by atoms with Crippen molar-refractivity contribution in [2.45, 2.75) is 51.0 Å². The van der Waals surface area contributed by atoms with Crippen molar-refractivity contribution in [2.24, 2.45) is 10.2 Å². The summed E-state index contributed by atoms with van der Waals surface area (Å²) in [5.41, 5.74) is 20.1. The van der Waals surface area contributed by atoms with Crippen LogP contribution < -0.4 is 0 Å². The molecule has 0 radical (unpaired) electrons. The lowest BCUT2D eigenvalue weighted by Gasteiger charge is -2.19. The van der Waals surface area contributed by atoms with Crippen LogP contribution in [0.1, 0.15) is 36.8 Å². The lowest BCUT2D eigenvalue weighted by molar-refractivity contribution is 0.111. The molecule has 0 N–H and O–H groups in total. The molecular formula is C22H28N6O2. The zero-order chi connectivity index (χ0) is 21.3. The van der Waals surface area contributed by atoms with Crippen molar-refractivity contribution >= 4 is 0 Å². The van der Waals surface area contributed by atoms with Gasteiger partial charge < -0.3 is 9.47 Å². The molecule has 0 saturated heterocycles. The maximum Gasteiger partial charge on any atom is 0.0716 e. The molecule has 30 heavy (non-hydrogen) atoms. The Bertz CT molecular complexity index is 735. The second-order valence-corrected chi connectivity index (χ2v) is 6.91. The molecule has 158 valence electrons. The first-order chi connectivity index (χ1) is 14.8. The molecule has 2 aromatic rings. The Hall–Kier alpha value is -3.02. The Morgan fingerprint density at radius 1 is 0.667 bits per heavy atom. The third-order valence-electron chi connectivity index (χ3n) is 4.64. The summed E-state index contributed by atoms with van der Waals surface area (Å²) in [6.07, 6.45) is 2.65. The molecule has 0 heterocycles. The van der Waals surface area contributed by atoms with E-state index in [1.807, 2.05) is 60.7 Å². The van der Waals surface area contributed by atoms with E-state index in [9.17, 15) is 0 Å². The lowest BCUT2D eigenvalue weighted by Crippen LogP contribution is -2.23. The van der Waals surface area contributed by atoms with Crippen molar-refractivity contribution in [1.29, 1.82) is 0 Å². The fourth-order valence-electron chi connectivity index (χ4n) is 3.10. The van der Waals surface area contributed by atoms with Crippen molar-refractivity contribution in [1.82, 2.24) is 0 Å². The van der Waals surface area contributed by atoms with Crippen LogP contribution in [0, 0.1) is 0 Å². The molecule has 0 aliphatic heterocycles. The number of benzene rings is 2. The van der Waals surface area contributed by atoms with Crippen molar-refractivity contribution in [3.8, 4) is 0 Å². The third-order valence-corrected chi connectivity index (χ3v) is 4.64. The topological polar surface area (TPSA) is 116 Å². The van der Waals surface area contributed by atoms with Crippen LogP contribution >= 0.6 is 0 Å². The van der Waals surface area contributed by atoms with Gasteiger partial charge in [-0.2, -0.15) is 0 Å². The highest BCUT2D eigenvalue weighted by atomic mass is 16.5. The molecule has 2 aromatic carbocycles. The van der Waals surface area contributed by atoms with E-state index in [-0.39, 0.29) is 12.1 Å². The van der Waals surface area contributed by atoms with Crippen LogP contribution in [-0.4, -0.2) is 25.3 Å². The molecule has 0 bridgehead atoms. The summed E-state index contributed by atoms with van der Waals surface area (Å²) in [5, 5.41) is 7.73. The average molecular weight is 409 g/mol. The van der Waals surface area contributed by atoms with E-state index >= 15 is 0 Å². The summed E-state index contributed by atoms with van der Waals surface area (Å²) >= 11 is 0. The zero-order valence-corrected chi connectivity index (χ0v) is 17.1. The van der Waals surface area contributed by atoms with Crippen LogP contribution in [0.5, 0.6) is 0 Å². The summed E-state index contributed by atoms with van der Waals surface area (Å²) in [7, 11) is 0. The van der Waals surface area contributed by atoms with Crippen LogP contribution in [0.3, 0.4) is 0 Å². The summed E-state index contributed by atoms with van der Waals surface area (Å²) < 4.78 is 11.4. The maximum atomic E-state index is 8.91. The molecule has 0 fully saturated rings. The van der Waals surface area contributed by atoms with Gasteiger partial charge in [0, 0.05) is 35.1 Å². The van der Waals surface area contributed by atoms with Gasteiger partial charge in [0.05, 0.1) is 13.2 Å². The number of azide groups is 2. The van der Waals surface area contributed by atoms with E-state index in [1.54, 1.807) is 0 Å². The Labute approximate surface area is 177 Å². The minimum atomic E-state index is -0.389. The molecule has 0 amide bonds. The van der Waals surface area contributed by atoms with Crippen molar-refractivity contribution < 1.29 is 9.47 Å². The van der Waals surface area contributed by atoms with Gasteiger partial charge in [-0.15, -0.1) is 0 Å². The number of ether oxygens (including phenoxy) is 2. The Balaban J connectivity index is 1.71. The molecule has 2 rings (SSSR count). The van der Waals surface area contributed by atoms with E-state index in [2.05, 4.69) is 20.1 Å². The summed E-state index contributed by atoms with van der Waals surface area (Å²) in [6.45, 7) is 2.20. The van der Waals surface area contributed by atoms with Gasteiger partial charge in [-0.05, 0) is 47.9 Å². The van der Waals surface area contributed by atoms with Crippen LogP contribution in [0.4, 0.5) is 0 Å². The highest BCUT2D eigenvalue weighted by Crippen LogP contribution is 2.17. The van der Waals surface area contributed by atoms with Gasteiger partial charge in [-0.3, -0.25) is 0 Å². The van der Waals surface area contributed by atoms with Gasteiger partial charge >= 0.3 is 0 Å². The zero-order valence-electron chi connectivity index (χ0n) is 17.1. The van der Waals surface area contributed by atoms with Gasteiger partial charge in [-0.1, -0.05) is 70.9 Å². The molecule has 2 atom stereocenters. The molecular weight excluding hydrogens is 380 g/mol. The molecule has 0 aromatic heterocycles. The van der Waals surface area contributed by atoms with Gasteiger partial charge in [0.25, 0.3) is 0 Å². The first kappa shape index (κ1) is 23.3. The van der Waals surface area contributed by atoms with E-state index < -0.39 is 0 Å². The monoisotopic (exact) mass is 408 g/mol. The van der Waals surface area contributed by atoms with Crippen molar-refractivity contribution in [2.75, 3.05) is 13.2 Å². The summed E-state index contributed by atoms with van der Waals surface area (Å²) in [5.74, 6) is 0. The molecule has 0 aliphatic rings. The maximum absolute atomic E-state index is 8.91. The second-order valence-electron chi connectivity index (χ2n) is 6.91. The molecule has 0 saturated carbocycles. The Morgan fingerprint density at radius 2 is 1.07 bits per heavy atom. The molecule has 0 unspecified atom stereocenters. The first-order valence-electron chi connectivity index (χ1n) is 10.1. The molecule has 8 heteroatoms. The summed E-state index contributed by atoms with van der Waals surface area (Å²) in [4.78, 5) is 5.88. The van der Waals surface area contributed by atoms with Crippen LogP contribution in [0.15, 0.2) is 70.9 Å². The number of hydrogen-bond acceptors (Lipinski definition) is 4. The quantitative estimate of drug-likeness (QED) is 0.148. The lowest BCUT2D eigenvalue weighted by atomic mass is 10.0. The normalized spacial score (nSPS) is 12.4. The average Bonchev–Trinajstić information content (AvgIpc) is 2.79. The highest BCUT2D eigenvalue weighted by molar-refractivity contribution is 5.14. The van der Waals surface area contributed by atoms with E-state index in [0.29, 0.717) is 39.3 Å². The van der Waals surface area contributed by atoms with Gasteiger partial charge in [-0.25, -0.2) is 0 Å². The molecule has 0 aliphatic carbocycles. The van der Waals surface area contributed by atoms with Crippen LogP contribution in [-0.2, 0) is 22.7 Å².